The first kappa shape index (κ1) is 18.4. The molecule has 0 saturated carbocycles. The molecule has 0 aliphatic carbocycles. The van der Waals surface area contributed by atoms with Crippen LogP contribution in [0.4, 0.5) is 0 Å². The van der Waals surface area contributed by atoms with Gasteiger partial charge in [-0.25, -0.2) is 0 Å². The summed E-state index contributed by atoms with van der Waals surface area (Å²) in [6.45, 7) is 4.49. The number of esters is 1. The van der Waals surface area contributed by atoms with Gasteiger partial charge in [-0.2, -0.15) is 5.26 Å². The van der Waals surface area contributed by atoms with Crippen molar-refractivity contribution >= 4 is 18.0 Å². The van der Waals surface area contributed by atoms with Gasteiger partial charge < -0.3 is 10.1 Å². The molecule has 0 unspecified atom stereocenters. The first-order chi connectivity index (χ1) is 11.1. The highest BCUT2D eigenvalue weighted by atomic mass is 16.5. The number of rotatable bonds is 8. The summed E-state index contributed by atoms with van der Waals surface area (Å²) in [5.41, 5.74) is 0.749. The predicted octanol–water partition coefficient (Wildman–Crippen LogP) is 3.22. The lowest BCUT2D eigenvalue weighted by atomic mass is 10.1. The molecule has 0 aliphatic heterocycles. The van der Waals surface area contributed by atoms with Crippen LogP contribution < -0.4 is 10.1 Å². The van der Waals surface area contributed by atoms with Crippen LogP contribution in [0, 0.1) is 11.3 Å². The molecular formula is C18H22N2O3. The molecule has 1 aromatic rings. The lowest BCUT2D eigenvalue weighted by Gasteiger charge is -2.04. The van der Waals surface area contributed by atoms with Crippen LogP contribution in [0.1, 0.15) is 45.1 Å². The van der Waals surface area contributed by atoms with Crippen LogP contribution in [0.5, 0.6) is 5.75 Å². The second kappa shape index (κ2) is 10.2. The maximum absolute atomic E-state index is 11.9. The molecular weight excluding hydrogens is 292 g/mol. The molecule has 1 amide bonds. The number of nitriles is 1. The van der Waals surface area contributed by atoms with Gasteiger partial charge in [0.2, 0.25) is 0 Å². The van der Waals surface area contributed by atoms with Crippen LogP contribution in [0.25, 0.3) is 6.08 Å². The van der Waals surface area contributed by atoms with Crippen LogP contribution in [0.2, 0.25) is 0 Å². The molecule has 0 atom stereocenters. The molecule has 122 valence electrons. The minimum Gasteiger partial charge on any atom is -0.427 e. The molecule has 0 aromatic heterocycles. The van der Waals surface area contributed by atoms with Gasteiger partial charge in [0.1, 0.15) is 17.4 Å². The zero-order valence-electron chi connectivity index (χ0n) is 13.6. The van der Waals surface area contributed by atoms with Crippen LogP contribution in [-0.4, -0.2) is 18.4 Å². The van der Waals surface area contributed by atoms with Crippen molar-refractivity contribution in [2.45, 2.75) is 39.5 Å². The molecule has 5 heteroatoms. The number of unbranched alkanes of at least 4 members (excludes halogenated alkanes) is 1. The molecule has 0 heterocycles. The number of nitrogens with one attached hydrogen (secondary N) is 1. The highest BCUT2D eigenvalue weighted by Gasteiger charge is 2.08. The number of benzene rings is 1. The second-order valence-electron chi connectivity index (χ2n) is 5.07. The Bertz CT molecular complexity index is 598. The van der Waals surface area contributed by atoms with E-state index in [2.05, 4.69) is 5.32 Å². The monoisotopic (exact) mass is 314 g/mol. The summed E-state index contributed by atoms with van der Waals surface area (Å²) in [5.74, 6) is -0.199. The Labute approximate surface area is 137 Å². The minimum atomic E-state index is -0.376. The van der Waals surface area contributed by atoms with Crippen molar-refractivity contribution in [3.63, 3.8) is 0 Å². The van der Waals surface area contributed by atoms with Gasteiger partial charge in [0.05, 0.1) is 0 Å². The summed E-state index contributed by atoms with van der Waals surface area (Å²) in [7, 11) is 0. The Kier molecular flexibility index (Phi) is 8.16. The molecule has 0 bridgehead atoms. The topological polar surface area (TPSA) is 79.2 Å². The van der Waals surface area contributed by atoms with Gasteiger partial charge in [-0.3, -0.25) is 9.59 Å². The van der Waals surface area contributed by atoms with Gasteiger partial charge in [-0.1, -0.05) is 32.4 Å². The molecule has 5 nitrogen and oxygen atoms in total. The highest BCUT2D eigenvalue weighted by molar-refractivity contribution is 6.01. The number of hydrogen-bond donors (Lipinski definition) is 1. The lowest BCUT2D eigenvalue weighted by molar-refractivity contribution is -0.134. The quantitative estimate of drug-likeness (QED) is 0.263. The Morgan fingerprint density at radius 2 is 1.91 bits per heavy atom. The lowest BCUT2D eigenvalue weighted by Crippen LogP contribution is -2.25. The number of amides is 1. The normalized spacial score (nSPS) is 10.7. The van der Waals surface area contributed by atoms with Gasteiger partial charge in [0.15, 0.2) is 0 Å². The van der Waals surface area contributed by atoms with Gasteiger partial charge in [-0.15, -0.1) is 0 Å². The largest absolute Gasteiger partial charge is 0.427 e. The zero-order chi connectivity index (χ0) is 17.1. The van der Waals surface area contributed by atoms with Crippen LogP contribution in [0.15, 0.2) is 29.8 Å². The Hall–Kier alpha value is -2.61. The molecule has 0 fully saturated rings. The summed E-state index contributed by atoms with van der Waals surface area (Å²) in [4.78, 5) is 23.3. The van der Waals surface area contributed by atoms with E-state index in [1.54, 1.807) is 24.3 Å². The van der Waals surface area contributed by atoms with Crippen molar-refractivity contribution in [2.75, 3.05) is 6.54 Å². The Balaban J connectivity index is 2.72. The number of nitrogens with zero attached hydrogens (tertiary/aromatic N) is 1. The Morgan fingerprint density at radius 3 is 2.48 bits per heavy atom. The zero-order valence-corrected chi connectivity index (χ0v) is 13.6. The molecule has 1 N–H and O–H groups in total. The average Bonchev–Trinajstić information content (AvgIpc) is 2.54. The third kappa shape index (κ3) is 6.79. The van der Waals surface area contributed by atoms with Crippen molar-refractivity contribution in [1.29, 1.82) is 5.26 Å². The van der Waals surface area contributed by atoms with E-state index in [1.165, 1.54) is 6.08 Å². The molecule has 23 heavy (non-hydrogen) atoms. The number of carbonyl (C=O) groups excluding carboxylic acids is 2. The third-order valence-corrected chi connectivity index (χ3v) is 3.06. The molecule has 1 aromatic carbocycles. The molecule has 0 saturated heterocycles. The summed E-state index contributed by atoms with van der Waals surface area (Å²) in [6, 6.07) is 8.59. The number of hydrogen-bond acceptors (Lipinski definition) is 4. The molecule has 0 spiro atoms. The van der Waals surface area contributed by atoms with E-state index >= 15 is 0 Å². The van der Waals surface area contributed by atoms with Crippen LogP contribution in [0.3, 0.4) is 0 Å². The van der Waals surface area contributed by atoms with E-state index in [1.807, 2.05) is 19.9 Å². The van der Waals surface area contributed by atoms with Crippen LogP contribution >= 0.6 is 0 Å². The third-order valence-electron chi connectivity index (χ3n) is 3.06. The predicted molar refractivity (Wildman–Crippen MR) is 88.5 cm³/mol. The minimum absolute atomic E-state index is 0.0526. The van der Waals surface area contributed by atoms with Crippen LogP contribution in [-0.2, 0) is 9.59 Å². The van der Waals surface area contributed by atoms with Gasteiger partial charge in [0, 0.05) is 13.0 Å². The van der Waals surface area contributed by atoms with Crippen molar-refractivity contribution < 1.29 is 14.3 Å². The maximum atomic E-state index is 11.9. The van der Waals surface area contributed by atoms with E-state index < -0.39 is 0 Å². The van der Waals surface area contributed by atoms with Crippen molar-refractivity contribution in [2.24, 2.45) is 0 Å². The van der Waals surface area contributed by atoms with Crippen molar-refractivity contribution in [3.05, 3.63) is 35.4 Å². The molecule has 0 radical (unpaired) electrons. The average molecular weight is 314 g/mol. The Morgan fingerprint density at radius 1 is 1.22 bits per heavy atom. The summed E-state index contributed by atoms with van der Waals surface area (Å²) in [6.07, 6.45) is 4.47. The first-order valence-corrected chi connectivity index (χ1v) is 7.81. The summed E-state index contributed by atoms with van der Waals surface area (Å²) < 4.78 is 5.15. The van der Waals surface area contributed by atoms with E-state index in [9.17, 15) is 9.59 Å². The smallest absolute Gasteiger partial charge is 0.311 e. The van der Waals surface area contributed by atoms with Gasteiger partial charge >= 0.3 is 5.97 Å². The molecule has 0 aliphatic rings. The summed E-state index contributed by atoms with van der Waals surface area (Å²) >= 11 is 0. The standard InChI is InChI=1S/C18H22N2O3/c1-3-5-11-20-18(22)15(13-19)12-14-7-9-16(10-8-14)23-17(21)6-4-2/h7-10,12H,3-6,11H2,1-2H3,(H,20,22)/b15-12+. The molecule has 1 rings (SSSR count). The van der Waals surface area contributed by atoms with E-state index in [-0.39, 0.29) is 17.4 Å². The fourth-order valence-electron chi connectivity index (χ4n) is 1.81. The second-order valence-corrected chi connectivity index (χ2v) is 5.07. The number of ether oxygens (including phenoxy) is 1. The number of carbonyl (C=O) groups is 2. The first-order valence-electron chi connectivity index (χ1n) is 7.81. The SMILES string of the molecule is CCCCNC(=O)/C(C#N)=C/c1ccc(OC(=O)CCC)cc1. The van der Waals surface area contributed by atoms with Crippen molar-refractivity contribution in [1.82, 2.24) is 5.32 Å². The van der Waals surface area contributed by atoms with Crippen molar-refractivity contribution in [3.8, 4) is 11.8 Å². The van der Waals surface area contributed by atoms with E-state index in [0.717, 1.165) is 19.3 Å². The van der Waals surface area contributed by atoms with E-state index in [4.69, 9.17) is 10.00 Å². The van der Waals surface area contributed by atoms with E-state index in [0.29, 0.717) is 24.3 Å². The highest BCUT2D eigenvalue weighted by Crippen LogP contribution is 2.15. The summed E-state index contributed by atoms with van der Waals surface area (Å²) in [5, 5.41) is 11.8. The van der Waals surface area contributed by atoms with Gasteiger partial charge in [0.25, 0.3) is 5.91 Å². The fourth-order valence-corrected chi connectivity index (χ4v) is 1.81. The fraction of sp³-hybridized carbons (Fsp3) is 0.389. The maximum Gasteiger partial charge on any atom is 0.311 e. The van der Waals surface area contributed by atoms with Gasteiger partial charge in [-0.05, 0) is 36.6 Å².